The first-order chi connectivity index (χ1) is 15.3. The summed E-state index contributed by atoms with van der Waals surface area (Å²) in [6, 6.07) is 10.3. The Kier molecular flexibility index (Phi) is 7.26. The number of methoxy groups -OCH3 is 1. The van der Waals surface area contributed by atoms with Gasteiger partial charge < -0.3 is 14.8 Å². The second kappa shape index (κ2) is 10.1. The number of nitrogens with one attached hydrogen (secondary N) is 1. The highest BCUT2D eigenvalue weighted by atomic mass is 32.2. The molecule has 0 unspecified atom stereocenters. The zero-order valence-corrected chi connectivity index (χ0v) is 18.4. The lowest BCUT2D eigenvalue weighted by molar-refractivity contribution is -0.119. The van der Waals surface area contributed by atoms with Crippen LogP contribution in [-0.2, 0) is 14.3 Å². The third-order valence-electron chi connectivity index (χ3n) is 4.47. The van der Waals surface area contributed by atoms with Gasteiger partial charge in [-0.25, -0.2) is 19.0 Å². The Morgan fingerprint density at radius 1 is 1.12 bits per heavy atom. The van der Waals surface area contributed by atoms with Crippen molar-refractivity contribution in [1.29, 1.82) is 0 Å². The lowest BCUT2D eigenvalue weighted by atomic mass is 10.1. The maximum absolute atomic E-state index is 13.3. The molecular formula is C22H20FN3O5S. The molecule has 0 atom stereocenters. The molecule has 0 aliphatic carbocycles. The number of anilines is 1. The van der Waals surface area contributed by atoms with E-state index in [1.165, 1.54) is 60.0 Å². The molecule has 0 bridgehead atoms. The molecule has 0 spiro atoms. The minimum Gasteiger partial charge on any atom is -0.465 e. The van der Waals surface area contributed by atoms with Crippen LogP contribution in [0.5, 0.6) is 0 Å². The van der Waals surface area contributed by atoms with Gasteiger partial charge in [-0.3, -0.25) is 9.36 Å². The van der Waals surface area contributed by atoms with Gasteiger partial charge in [-0.2, -0.15) is 0 Å². The molecule has 1 amide bonds. The third kappa shape index (κ3) is 5.14. The second-order valence-corrected chi connectivity index (χ2v) is 7.36. The fraction of sp³-hybridized carbons (Fsp3) is 0.182. The van der Waals surface area contributed by atoms with Crippen LogP contribution in [0.15, 0.2) is 53.8 Å². The van der Waals surface area contributed by atoms with Crippen LogP contribution in [0.25, 0.3) is 5.69 Å². The number of hydrogen-bond donors (Lipinski definition) is 1. The normalized spacial score (nSPS) is 10.5. The molecule has 166 valence electrons. The summed E-state index contributed by atoms with van der Waals surface area (Å²) in [5, 5.41) is 3.12. The van der Waals surface area contributed by atoms with Gasteiger partial charge in [0.25, 0.3) is 5.91 Å². The fourth-order valence-electron chi connectivity index (χ4n) is 2.86. The Morgan fingerprint density at radius 2 is 1.84 bits per heavy atom. The Hall–Kier alpha value is -3.66. The number of benzene rings is 2. The highest BCUT2D eigenvalue weighted by Gasteiger charge is 2.20. The number of esters is 2. The molecule has 3 rings (SSSR count). The van der Waals surface area contributed by atoms with Crippen molar-refractivity contribution >= 4 is 35.3 Å². The average molecular weight is 457 g/mol. The second-order valence-electron chi connectivity index (χ2n) is 6.59. The Balaban J connectivity index is 1.72. The summed E-state index contributed by atoms with van der Waals surface area (Å²) in [5.41, 5.74) is 2.02. The number of ether oxygens (including phenoxy) is 2. The van der Waals surface area contributed by atoms with E-state index < -0.39 is 30.3 Å². The van der Waals surface area contributed by atoms with Gasteiger partial charge in [-0.1, -0.05) is 17.8 Å². The van der Waals surface area contributed by atoms with E-state index in [2.05, 4.69) is 15.0 Å². The number of hydrogen-bond acceptors (Lipinski definition) is 7. The summed E-state index contributed by atoms with van der Waals surface area (Å²) in [5.74, 6) is -2.30. The third-order valence-corrected chi connectivity index (χ3v) is 5.13. The Morgan fingerprint density at radius 3 is 2.50 bits per heavy atom. The van der Waals surface area contributed by atoms with Crippen LogP contribution in [0.3, 0.4) is 0 Å². The number of carbonyl (C=O) groups excluding carboxylic acids is 3. The Bertz CT molecular complexity index is 1160. The standard InChI is InChI=1S/C22H20FN3O5S/c1-13-4-5-14(20(28)30-2)10-17(13)25-19(27)12-31-21(29)18-11-24-22(32-3)26(18)16-8-6-15(23)7-9-16/h4-11H,12H2,1-3H3,(H,25,27). The summed E-state index contributed by atoms with van der Waals surface area (Å²) >= 11 is 1.30. The minimum absolute atomic E-state index is 0.0950. The lowest BCUT2D eigenvalue weighted by Gasteiger charge is -2.12. The van der Waals surface area contributed by atoms with E-state index in [-0.39, 0.29) is 11.3 Å². The van der Waals surface area contributed by atoms with Crippen molar-refractivity contribution in [3.05, 3.63) is 71.3 Å². The Labute approximate surface area is 187 Å². The smallest absolute Gasteiger partial charge is 0.357 e. The molecule has 0 aliphatic rings. The number of carbonyl (C=O) groups is 3. The van der Waals surface area contributed by atoms with Crippen molar-refractivity contribution in [3.63, 3.8) is 0 Å². The van der Waals surface area contributed by atoms with Crippen LogP contribution in [0.4, 0.5) is 10.1 Å². The summed E-state index contributed by atoms with van der Waals surface area (Å²) in [4.78, 5) is 40.8. The molecule has 2 aromatic carbocycles. The van der Waals surface area contributed by atoms with E-state index in [4.69, 9.17) is 4.74 Å². The molecule has 0 fully saturated rings. The quantitative estimate of drug-likeness (QED) is 0.427. The van der Waals surface area contributed by atoms with Crippen LogP contribution >= 0.6 is 11.8 Å². The first kappa shape index (κ1) is 23.0. The molecule has 1 aromatic heterocycles. The van der Waals surface area contributed by atoms with Gasteiger partial charge in [0.1, 0.15) is 5.82 Å². The summed E-state index contributed by atoms with van der Waals surface area (Å²) in [6.45, 7) is 1.21. The van der Waals surface area contributed by atoms with Gasteiger partial charge in [0.15, 0.2) is 17.5 Å². The van der Waals surface area contributed by atoms with Crippen molar-refractivity contribution in [2.45, 2.75) is 12.1 Å². The van der Waals surface area contributed by atoms with Gasteiger partial charge in [0, 0.05) is 11.4 Å². The van der Waals surface area contributed by atoms with Crippen molar-refractivity contribution in [2.75, 3.05) is 25.3 Å². The zero-order valence-electron chi connectivity index (χ0n) is 17.5. The average Bonchev–Trinajstić information content (AvgIpc) is 3.23. The lowest BCUT2D eigenvalue weighted by Crippen LogP contribution is -2.22. The van der Waals surface area contributed by atoms with Gasteiger partial charge in [0.05, 0.1) is 18.9 Å². The van der Waals surface area contributed by atoms with Crippen LogP contribution in [0.1, 0.15) is 26.4 Å². The molecule has 1 N–H and O–H groups in total. The van der Waals surface area contributed by atoms with Crippen LogP contribution in [0, 0.1) is 12.7 Å². The largest absolute Gasteiger partial charge is 0.465 e. The highest BCUT2D eigenvalue weighted by molar-refractivity contribution is 7.98. The molecule has 0 saturated heterocycles. The maximum atomic E-state index is 13.3. The van der Waals surface area contributed by atoms with Crippen molar-refractivity contribution in [2.24, 2.45) is 0 Å². The van der Waals surface area contributed by atoms with Gasteiger partial charge in [-0.15, -0.1) is 0 Å². The highest BCUT2D eigenvalue weighted by Crippen LogP contribution is 2.23. The number of halogens is 1. The van der Waals surface area contributed by atoms with Crippen molar-refractivity contribution in [1.82, 2.24) is 9.55 Å². The van der Waals surface area contributed by atoms with Crippen molar-refractivity contribution in [3.8, 4) is 5.69 Å². The molecule has 0 radical (unpaired) electrons. The van der Waals surface area contributed by atoms with E-state index in [0.717, 1.165) is 5.56 Å². The predicted octanol–water partition coefficient (Wildman–Crippen LogP) is 3.62. The SMILES string of the molecule is COC(=O)c1ccc(C)c(NC(=O)COC(=O)c2cnc(SC)n2-c2ccc(F)cc2)c1. The van der Waals surface area contributed by atoms with E-state index in [1.54, 1.807) is 25.3 Å². The number of nitrogens with zero attached hydrogens (tertiary/aromatic N) is 2. The summed E-state index contributed by atoms with van der Waals surface area (Å²) in [7, 11) is 1.26. The van der Waals surface area contributed by atoms with E-state index in [1.807, 2.05) is 0 Å². The topological polar surface area (TPSA) is 99.5 Å². The molecule has 0 saturated carbocycles. The molecule has 10 heteroatoms. The number of imidazole rings is 1. The van der Waals surface area contributed by atoms with Crippen LogP contribution < -0.4 is 5.32 Å². The number of thioether (sulfide) groups is 1. The van der Waals surface area contributed by atoms with Crippen LogP contribution in [0.2, 0.25) is 0 Å². The summed E-state index contributed by atoms with van der Waals surface area (Å²) < 4.78 is 24.6. The molecular weight excluding hydrogens is 437 g/mol. The number of aromatic nitrogens is 2. The van der Waals surface area contributed by atoms with Crippen LogP contribution in [-0.4, -0.2) is 47.4 Å². The number of rotatable bonds is 7. The monoisotopic (exact) mass is 457 g/mol. The van der Waals surface area contributed by atoms with Gasteiger partial charge >= 0.3 is 11.9 Å². The zero-order chi connectivity index (χ0) is 23.3. The van der Waals surface area contributed by atoms with E-state index in [0.29, 0.717) is 16.5 Å². The van der Waals surface area contributed by atoms with E-state index >= 15 is 0 Å². The predicted molar refractivity (Wildman–Crippen MR) is 117 cm³/mol. The molecule has 8 nitrogen and oxygen atoms in total. The maximum Gasteiger partial charge on any atom is 0.357 e. The molecule has 1 heterocycles. The summed E-state index contributed by atoms with van der Waals surface area (Å²) in [6.07, 6.45) is 3.12. The number of amides is 1. The molecule has 32 heavy (non-hydrogen) atoms. The van der Waals surface area contributed by atoms with E-state index in [9.17, 15) is 18.8 Å². The minimum atomic E-state index is -0.766. The first-order valence-corrected chi connectivity index (χ1v) is 10.6. The fourth-order valence-corrected chi connectivity index (χ4v) is 3.40. The number of aryl methyl sites for hydroxylation is 1. The van der Waals surface area contributed by atoms with Gasteiger partial charge in [0.2, 0.25) is 0 Å². The molecule has 3 aromatic rings. The van der Waals surface area contributed by atoms with Gasteiger partial charge in [-0.05, 0) is 55.1 Å². The molecule has 0 aliphatic heterocycles. The first-order valence-electron chi connectivity index (χ1n) is 9.37. The van der Waals surface area contributed by atoms with Crippen molar-refractivity contribution < 1.29 is 28.2 Å².